The Morgan fingerprint density at radius 1 is 1.09 bits per heavy atom. The molecule has 0 aromatic carbocycles. The van der Waals surface area contributed by atoms with Gasteiger partial charge < -0.3 is 4.90 Å². The van der Waals surface area contributed by atoms with Crippen LogP contribution in [0.25, 0.3) is 0 Å². The van der Waals surface area contributed by atoms with E-state index in [1.54, 1.807) is 0 Å². The van der Waals surface area contributed by atoms with Crippen LogP contribution in [-0.2, 0) is 0 Å². The van der Waals surface area contributed by atoms with E-state index in [-0.39, 0.29) is 0 Å². The van der Waals surface area contributed by atoms with E-state index in [9.17, 15) is 0 Å². The smallest absolute Gasteiger partial charge is 0.00923 e. The van der Waals surface area contributed by atoms with Gasteiger partial charge in [-0.05, 0) is 39.7 Å². The maximum atomic E-state index is 2.53. The van der Waals surface area contributed by atoms with Gasteiger partial charge in [-0.1, -0.05) is 13.3 Å². The van der Waals surface area contributed by atoms with Crippen LogP contribution >= 0.6 is 0 Å². The highest BCUT2D eigenvalue weighted by Crippen LogP contribution is 2.24. The molecule has 0 radical (unpaired) electrons. The normalized spacial score (nSPS) is 42.0. The summed E-state index contributed by atoms with van der Waals surface area (Å²) < 4.78 is 0. The second kappa shape index (κ2) is 3.57. The molecule has 0 saturated carbocycles. The summed E-state index contributed by atoms with van der Waals surface area (Å²) in [6.45, 7) is 7.07. The Morgan fingerprint density at radius 3 is 2.36 bits per heavy atom. The monoisotopic (exact) mass is 155 g/mol. The van der Waals surface area contributed by atoms with E-state index in [4.69, 9.17) is 0 Å². The molecule has 0 aromatic heterocycles. The van der Waals surface area contributed by atoms with Crippen LogP contribution in [0.5, 0.6) is 0 Å². The van der Waals surface area contributed by atoms with E-state index in [0.717, 1.165) is 18.0 Å². The Bertz CT molecular complexity index is 108. The summed E-state index contributed by atoms with van der Waals surface area (Å²) in [5, 5.41) is 0. The Kier molecular flexibility index (Phi) is 2.94. The van der Waals surface area contributed by atoms with E-state index in [2.05, 4.69) is 32.7 Å². The zero-order valence-electron chi connectivity index (χ0n) is 8.30. The summed E-state index contributed by atoms with van der Waals surface area (Å²) in [6, 6.07) is 1.56. The fourth-order valence-electron chi connectivity index (χ4n) is 1.98. The lowest BCUT2D eigenvalue weighted by molar-refractivity contribution is 0.167. The lowest BCUT2D eigenvalue weighted by Gasteiger charge is -2.30. The first-order valence-electron chi connectivity index (χ1n) is 4.85. The summed E-state index contributed by atoms with van der Waals surface area (Å²) in [6.07, 6.45) is 4.21. The topological polar surface area (TPSA) is 3.24 Å². The van der Waals surface area contributed by atoms with E-state index in [1.807, 2.05) is 0 Å². The van der Waals surface area contributed by atoms with Gasteiger partial charge >= 0.3 is 0 Å². The molecule has 0 aliphatic carbocycles. The number of hydrogen-bond donors (Lipinski definition) is 0. The number of hydrogen-bond acceptors (Lipinski definition) is 1. The lowest BCUT2D eigenvalue weighted by Crippen LogP contribution is -2.38. The minimum absolute atomic E-state index is 0.771. The van der Waals surface area contributed by atoms with E-state index >= 15 is 0 Å². The second-order valence-electron chi connectivity index (χ2n) is 4.16. The van der Waals surface area contributed by atoms with Crippen molar-refractivity contribution in [3.05, 3.63) is 0 Å². The predicted molar refractivity (Wildman–Crippen MR) is 49.7 cm³/mol. The number of rotatable bonds is 0. The third-order valence-corrected chi connectivity index (χ3v) is 3.44. The van der Waals surface area contributed by atoms with Crippen LogP contribution in [0, 0.1) is 5.92 Å². The highest BCUT2D eigenvalue weighted by atomic mass is 15.2. The third kappa shape index (κ3) is 1.96. The first kappa shape index (κ1) is 9.05. The van der Waals surface area contributed by atoms with Gasteiger partial charge in [-0.25, -0.2) is 0 Å². The second-order valence-corrected chi connectivity index (χ2v) is 4.16. The molecule has 1 heterocycles. The quantitative estimate of drug-likeness (QED) is 0.519. The fourth-order valence-corrected chi connectivity index (χ4v) is 1.98. The van der Waals surface area contributed by atoms with Gasteiger partial charge in [-0.3, -0.25) is 0 Å². The van der Waals surface area contributed by atoms with Crippen molar-refractivity contribution < 1.29 is 0 Å². The first-order valence-corrected chi connectivity index (χ1v) is 4.85. The van der Waals surface area contributed by atoms with Gasteiger partial charge in [0.05, 0.1) is 0 Å². The molecule has 0 aromatic rings. The molecule has 1 rings (SSSR count). The SMILES string of the molecule is CC1CCC[C@@H](C)N(C)C1C. The summed E-state index contributed by atoms with van der Waals surface area (Å²) >= 11 is 0. The third-order valence-electron chi connectivity index (χ3n) is 3.44. The van der Waals surface area contributed by atoms with Gasteiger partial charge in [0.15, 0.2) is 0 Å². The average molecular weight is 155 g/mol. The van der Waals surface area contributed by atoms with Gasteiger partial charge in [0, 0.05) is 12.1 Å². The molecule has 66 valence electrons. The summed E-state index contributed by atoms with van der Waals surface area (Å²) in [5.74, 6) is 0.880. The van der Waals surface area contributed by atoms with Crippen molar-refractivity contribution in [2.75, 3.05) is 7.05 Å². The van der Waals surface area contributed by atoms with Crippen molar-refractivity contribution in [3.63, 3.8) is 0 Å². The Hall–Kier alpha value is -0.0400. The predicted octanol–water partition coefficient (Wildman–Crippen LogP) is 2.52. The molecule has 1 fully saturated rings. The molecule has 0 bridgehead atoms. The van der Waals surface area contributed by atoms with Gasteiger partial charge in [0.25, 0.3) is 0 Å². The fraction of sp³-hybridized carbons (Fsp3) is 1.00. The Morgan fingerprint density at radius 2 is 1.73 bits per heavy atom. The van der Waals surface area contributed by atoms with Crippen molar-refractivity contribution in [1.82, 2.24) is 4.90 Å². The molecule has 1 heteroatoms. The van der Waals surface area contributed by atoms with Crippen LogP contribution < -0.4 is 0 Å². The van der Waals surface area contributed by atoms with E-state index in [0.29, 0.717) is 0 Å². The molecule has 11 heavy (non-hydrogen) atoms. The van der Waals surface area contributed by atoms with E-state index in [1.165, 1.54) is 19.3 Å². The van der Waals surface area contributed by atoms with Gasteiger partial charge in [-0.15, -0.1) is 0 Å². The molecule has 1 aliphatic rings. The summed E-state index contributed by atoms with van der Waals surface area (Å²) in [5.41, 5.74) is 0. The van der Waals surface area contributed by atoms with Crippen molar-refractivity contribution >= 4 is 0 Å². The zero-order chi connectivity index (χ0) is 8.43. The van der Waals surface area contributed by atoms with Crippen molar-refractivity contribution in [2.24, 2.45) is 5.92 Å². The minimum atomic E-state index is 0.771. The summed E-state index contributed by atoms with van der Waals surface area (Å²) in [4.78, 5) is 2.53. The van der Waals surface area contributed by atoms with Crippen LogP contribution in [-0.4, -0.2) is 24.0 Å². The highest BCUT2D eigenvalue weighted by Gasteiger charge is 2.23. The Balaban J connectivity index is 2.58. The molecule has 0 spiro atoms. The van der Waals surface area contributed by atoms with Gasteiger partial charge in [0.2, 0.25) is 0 Å². The van der Waals surface area contributed by atoms with Gasteiger partial charge in [-0.2, -0.15) is 0 Å². The molecular weight excluding hydrogens is 134 g/mol. The average Bonchev–Trinajstić information content (AvgIpc) is 2.07. The first-order chi connectivity index (χ1) is 5.13. The largest absolute Gasteiger partial charge is 0.301 e. The van der Waals surface area contributed by atoms with Crippen molar-refractivity contribution in [1.29, 1.82) is 0 Å². The maximum Gasteiger partial charge on any atom is 0.00923 e. The van der Waals surface area contributed by atoms with Crippen LogP contribution in [0.4, 0.5) is 0 Å². The molecule has 3 atom stereocenters. The van der Waals surface area contributed by atoms with Crippen LogP contribution in [0.2, 0.25) is 0 Å². The van der Waals surface area contributed by atoms with Crippen molar-refractivity contribution in [3.8, 4) is 0 Å². The highest BCUT2D eigenvalue weighted by molar-refractivity contribution is 4.78. The molecule has 0 amide bonds. The van der Waals surface area contributed by atoms with Crippen LogP contribution in [0.15, 0.2) is 0 Å². The standard InChI is InChI=1S/C10H21N/c1-8-6-5-7-9(2)11(4)10(8)3/h8-10H,5-7H2,1-4H3/t8?,9-,10?/m1/s1. The molecule has 2 unspecified atom stereocenters. The maximum absolute atomic E-state index is 2.53. The lowest BCUT2D eigenvalue weighted by atomic mass is 9.99. The molecule has 0 N–H and O–H groups in total. The van der Waals surface area contributed by atoms with Gasteiger partial charge in [0.1, 0.15) is 0 Å². The molecule has 1 nitrogen and oxygen atoms in total. The van der Waals surface area contributed by atoms with E-state index < -0.39 is 0 Å². The van der Waals surface area contributed by atoms with Crippen LogP contribution in [0.3, 0.4) is 0 Å². The molecule has 1 aliphatic heterocycles. The summed E-state index contributed by atoms with van der Waals surface area (Å²) in [7, 11) is 2.26. The molecular formula is C10H21N. The molecule has 1 saturated heterocycles. The minimum Gasteiger partial charge on any atom is -0.301 e. The van der Waals surface area contributed by atoms with Crippen LogP contribution in [0.1, 0.15) is 40.0 Å². The number of nitrogens with zero attached hydrogens (tertiary/aromatic N) is 1. The zero-order valence-corrected chi connectivity index (χ0v) is 8.30. The Labute approximate surface area is 70.8 Å². The van der Waals surface area contributed by atoms with Crippen molar-refractivity contribution in [2.45, 2.75) is 52.1 Å². The number of likely N-dealkylation sites (tertiary alicyclic amines) is 1.